The van der Waals surface area contributed by atoms with Crippen LogP contribution < -0.4 is 14.8 Å². The van der Waals surface area contributed by atoms with E-state index in [9.17, 15) is 9.59 Å². The maximum atomic E-state index is 13.7. The van der Waals surface area contributed by atoms with Gasteiger partial charge in [-0.05, 0) is 71.8 Å². The summed E-state index contributed by atoms with van der Waals surface area (Å²) in [4.78, 5) is 26.9. The Morgan fingerprint density at radius 3 is 2.47 bits per heavy atom. The van der Waals surface area contributed by atoms with Crippen LogP contribution in [0.15, 0.2) is 77.5 Å². The van der Waals surface area contributed by atoms with Crippen molar-refractivity contribution in [3.63, 3.8) is 0 Å². The molecule has 1 aliphatic carbocycles. The van der Waals surface area contributed by atoms with Gasteiger partial charge in [0.05, 0.1) is 28.6 Å². The molecule has 0 spiro atoms. The molecule has 1 N–H and O–H groups in total. The monoisotopic (exact) mass is 641 g/mol. The molecule has 2 aliphatic rings. The van der Waals surface area contributed by atoms with Crippen LogP contribution in [0.5, 0.6) is 11.5 Å². The number of Topliss-reactive ketones (excluding diaryl/α,β-unsaturated/α-hetero) is 1. The number of ketones is 1. The van der Waals surface area contributed by atoms with Crippen molar-refractivity contribution in [3.8, 4) is 11.5 Å². The molecule has 6 nitrogen and oxygen atoms in total. The molecule has 3 aromatic carbocycles. The second-order valence-electron chi connectivity index (χ2n) is 8.93. The second kappa shape index (κ2) is 10.8. The highest BCUT2D eigenvalue weighted by atomic mass is 127. The van der Waals surface area contributed by atoms with Crippen LogP contribution in [-0.4, -0.2) is 25.5 Å². The van der Waals surface area contributed by atoms with Crippen LogP contribution in [0.2, 0.25) is 5.02 Å². The third kappa shape index (κ3) is 4.69. The van der Waals surface area contributed by atoms with Gasteiger partial charge in [0.25, 0.3) is 0 Å². The van der Waals surface area contributed by atoms with E-state index in [4.69, 9.17) is 25.8 Å². The van der Waals surface area contributed by atoms with E-state index in [2.05, 4.69) is 27.9 Å². The van der Waals surface area contributed by atoms with E-state index >= 15 is 0 Å². The number of halogens is 2. The molecule has 0 aromatic heterocycles. The van der Waals surface area contributed by atoms with Gasteiger partial charge >= 0.3 is 5.97 Å². The summed E-state index contributed by atoms with van der Waals surface area (Å²) < 4.78 is 18.1. The van der Waals surface area contributed by atoms with E-state index in [-0.39, 0.29) is 12.4 Å². The summed E-state index contributed by atoms with van der Waals surface area (Å²) in [6.07, 6.45) is 0. The van der Waals surface area contributed by atoms with E-state index < -0.39 is 11.9 Å². The summed E-state index contributed by atoms with van der Waals surface area (Å²) in [5.74, 6) is -0.132. The average molecular weight is 642 g/mol. The Balaban J connectivity index is 1.60. The molecule has 0 unspecified atom stereocenters. The molecular weight excluding hydrogens is 617 g/mol. The van der Waals surface area contributed by atoms with Crippen LogP contribution in [0.1, 0.15) is 46.8 Å². The number of benzene rings is 3. The van der Waals surface area contributed by atoms with Crippen LogP contribution in [0.4, 0.5) is 0 Å². The lowest BCUT2D eigenvalue weighted by Crippen LogP contribution is -2.29. The van der Waals surface area contributed by atoms with Gasteiger partial charge in [0.2, 0.25) is 0 Å². The molecule has 1 aliphatic heterocycles. The standard InChI is InChI=1S/C30H25ClINO5/c1-4-37-30(35)24-16(2)33-27-20-7-5-6-8-21(20)28(34)26(27)25(24)18-13-22(32)29(23(14-18)36-3)38-15-17-9-11-19(31)12-10-17/h5-14,25,33H,4,15H2,1-3H3/t25-/m0/s1. The zero-order valence-electron chi connectivity index (χ0n) is 21.1. The molecule has 0 saturated carbocycles. The van der Waals surface area contributed by atoms with E-state index in [0.717, 1.165) is 26.0 Å². The minimum Gasteiger partial charge on any atom is -0.493 e. The zero-order chi connectivity index (χ0) is 27.0. The van der Waals surface area contributed by atoms with Gasteiger partial charge in [-0.15, -0.1) is 0 Å². The quantitative estimate of drug-likeness (QED) is 0.230. The van der Waals surface area contributed by atoms with Gasteiger partial charge in [0.15, 0.2) is 17.3 Å². The molecule has 0 bridgehead atoms. The third-order valence-electron chi connectivity index (χ3n) is 6.63. The van der Waals surface area contributed by atoms with Gasteiger partial charge < -0.3 is 19.5 Å². The number of hydrogen-bond donors (Lipinski definition) is 1. The van der Waals surface area contributed by atoms with Crippen molar-refractivity contribution in [1.82, 2.24) is 5.32 Å². The number of dihydropyridines is 1. The largest absolute Gasteiger partial charge is 0.493 e. The molecule has 38 heavy (non-hydrogen) atoms. The van der Waals surface area contributed by atoms with Gasteiger partial charge in [0.1, 0.15) is 6.61 Å². The first-order valence-corrected chi connectivity index (χ1v) is 13.6. The topological polar surface area (TPSA) is 73.9 Å². The second-order valence-corrected chi connectivity index (χ2v) is 10.5. The normalized spacial score (nSPS) is 16.1. The highest BCUT2D eigenvalue weighted by Gasteiger charge is 2.43. The number of nitrogens with one attached hydrogen (secondary N) is 1. The van der Waals surface area contributed by atoms with Crippen molar-refractivity contribution >= 4 is 51.6 Å². The van der Waals surface area contributed by atoms with Crippen molar-refractivity contribution in [3.05, 3.63) is 108 Å². The summed E-state index contributed by atoms with van der Waals surface area (Å²) in [5, 5.41) is 3.98. The Hall–Kier alpha value is -3.30. The number of carbonyl (C=O) groups is 2. The van der Waals surface area contributed by atoms with Gasteiger partial charge in [-0.25, -0.2) is 4.79 Å². The molecule has 0 saturated heterocycles. The first kappa shape index (κ1) is 26.3. The maximum Gasteiger partial charge on any atom is 0.336 e. The molecule has 0 radical (unpaired) electrons. The highest BCUT2D eigenvalue weighted by Crippen LogP contribution is 2.48. The molecule has 3 aromatic rings. The average Bonchev–Trinajstić information content (AvgIpc) is 3.19. The Morgan fingerprint density at radius 1 is 1.08 bits per heavy atom. The van der Waals surface area contributed by atoms with E-state index in [1.54, 1.807) is 14.0 Å². The van der Waals surface area contributed by atoms with Gasteiger partial charge in [-0.3, -0.25) is 4.79 Å². The number of methoxy groups -OCH3 is 1. The lowest BCUT2D eigenvalue weighted by molar-refractivity contribution is -0.138. The molecule has 5 rings (SSSR count). The summed E-state index contributed by atoms with van der Waals surface area (Å²) in [5.41, 5.74) is 5.42. The van der Waals surface area contributed by atoms with Gasteiger partial charge in [0, 0.05) is 33.3 Å². The first-order valence-electron chi connectivity index (χ1n) is 12.1. The number of rotatable bonds is 7. The summed E-state index contributed by atoms with van der Waals surface area (Å²) in [6, 6.07) is 18.7. The fourth-order valence-corrected chi connectivity index (χ4v) is 5.83. The lowest BCUT2D eigenvalue weighted by Gasteiger charge is -2.30. The van der Waals surface area contributed by atoms with Crippen LogP contribution in [-0.2, 0) is 16.1 Å². The van der Waals surface area contributed by atoms with E-state index in [0.29, 0.717) is 45.5 Å². The molecule has 194 valence electrons. The first-order chi connectivity index (χ1) is 18.3. The summed E-state index contributed by atoms with van der Waals surface area (Å²) >= 11 is 8.20. The summed E-state index contributed by atoms with van der Waals surface area (Å²) in [6.45, 7) is 4.15. The minimum absolute atomic E-state index is 0.112. The SMILES string of the molecule is CCOC(=O)C1=C(C)NC2=C(C(=O)c3ccccc32)[C@H]1c1cc(I)c(OCc2ccc(Cl)cc2)c(OC)c1. The molecular formula is C30H25ClINO5. The highest BCUT2D eigenvalue weighted by molar-refractivity contribution is 14.1. The Labute approximate surface area is 239 Å². The number of allylic oxidation sites excluding steroid dienone is 2. The fourth-order valence-electron chi connectivity index (χ4n) is 4.92. The van der Waals surface area contributed by atoms with Crippen molar-refractivity contribution in [1.29, 1.82) is 0 Å². The van der Waals surface area contributed by atoms with E-state index in [1.807, 2.05) is 67.6 Å². The molecule has 1 atom stereocenters. The molecule has 8 heteroatoms. The van der Waals surface area contributed by atoms with Crippen molar-refractivity contribution in [2.75, 3.05) is 13.7 Å². The van der Waals surface area contributed by atoms with Crippen molar-refractivity contribution < 1.29 is 23.8 Å². The third-order valence-corrected chi connectivity index (χ3v) is 7.68. The molecule has 0 amide bonds. The fraction of sp³-hybridized carbons (Fsp3) is 0.200. The van der Waals surface area contributed by atoms with Crippen LogP contribution >= 0.6 is 34.2 Å². The van der Waals surface area contributed by atoms with Gasteiger partial charge in [-0.2, -0.15) is 0 Å². The van der Waals surface area contributed by atoms with Crippen LogP contribution in [0.3, 0.4) is 0 Å². The van der Waals surface area contributed by atoms with E-state index in [1.165, 1.54) is 0 Å². The van der Waals surface area contributed by atoms with Crippen LogP contribution in [0, 0.1) is 3.57 Å². The smallest absolute Gasteiger partial charge is 0.336 e. The zero-order valence-corrected chi connectivity index (χ0v) is 24.0. The predicted molar refractivity (Wildman–Crippen MR) is 154 cm³/mol. The lowest BCUT2D eigenvalue weighted by atomic mass is 9.79. The molecule has 1 heterocycles. The van der Waals surface area contributed by atoms with Crippen molar-refractivity contribution in [2.45, 2.75) is 26.4 Å². The number of ether oxygens (including phenoxy) is 3. The number of hydrogen-bond acceptors (Lipinski definition) is 6. The van der Waals surface area contributed by atoms with Crippen molar-refractivity contribution in [2.24, 2.45) is 0 Å². The Kier molecular flexibility index (Phi) is 7.49. The Bertz CT molecular complexity index is 1510. The Morgan fingerprint density at radius 2 is 1.79 bits per heavy atom. The number of carbonyl (C=O) groups excluding carboxylic acids is 2. The minimum atomic E-state index is -0.641. The predicted octanol–water partition coefficient (Wildman–Crippen LogP) is 6.66. The number of esters is 1. The van der Waals surface area contributed by atoms with Crippen LogP contribution in [0.25, 0.3) is 5.70 Å². The van der Waals surface area contributed by atoms with Gasteiger partial charge in [-0.1, -0.05) is 48.0 Å². The maximum absolute atomic E-state index is 13.7. The summed E-state index contributed by atoms with van der Waals surface area (Å²) in [7, 11) is 1.57. The number of fused-ring (bicyclic) bond motifs is 2. The molecule has 0 fully saturated rings.